The third-order valence-electron chi connectivity index (χ3n) is 5.42. The van der Waals surface area contributed by atoms with Crippen molar-refractivity contribution in [3.8, 4) is 10.4 Å². The molecule has 1 saturated heterocycles. The highest BCUT2D eigenvalue weighted by Gasteiger charge is 2.24. The van der Waals surface area contributed by atoms with Gasteiger partial charge >= 0.3 is 0 Å². The summed E-state index contributed by atoms with van der Waals surface area (Å²) in [6.07, 6.45) is 3.23. The number of sulfone groups is 1. The van der Waals surface area contributed by atoms with Gasteiger partial charge in [0.2, 0.25) is 0 Å². The molecule has 154 valence electrons. The van der Waals surface area contributed by atoms with Gasteiger partial charge in [0.1, 0.15) is 4.21 Å². The predicted octanol–water partition coefficient (Wildman–Crippen LogP) is 2.59. The van der Waals surface area contributed by atoms with Crippen molar-refractivity contribution < 1.29 is 13.5 Å². The van der Waals surface area contributed by atoms with Gasteiger partial charge in [0.05, 0.1) is 12.4 Å². The smallest absolute Gasteiger partial charge is 0.251 e. The summed E-state index contributed by atoms with van der Waals surface area (Å²) in [6, 6.07) is 5.52. The van der Waals surface area contributed by atoms with E-state index in [0.29, 0.717) is 29.2 Å². The third-order valence-corrected chi connectivity index (χ3v) is 8.92. The summed E-state index contributed by atoms with van der Waals surface area (Å²) >= 11 is 1.26. The summed E-state index contributed by atoms with van der Waals surface area (Å²) in [7, 11) is -3.34. The average molecular weight is 425 g/mol. The van der Waals surface area contributed by atoms with Crippen LogP contribution in [0.1, 0.15) is 37.4 Å². The highest BCUT2D eigenvalue weighted by molar-refractivity contribution is 7.93. The largest absolute Gasteiger partial charge is 0.395 e. The molecule has 1 aliphatic rings. The van der Waals surface area contributed by atoms with E-state index in [0.717, 1.165) is 35.5 Å². The molecular weight excluding hydrogens is 396 g/mol. The van der Waals surface area contributed by atoms with Gasteiger partial charge in [-0.25, -0.2) is 8.42 Å². The molecule has 1 fully saturated rings. The Bertz CT molecular complexity index is 978. The summed E-state index contributed by atoms with van der Waals surface area (Å²) in [5, 5.41) is 9.38. The first-order valence-electron chi connectivity index (χ1n) is 9.76. The minimum atomic E-state index is -3.34. The number of aromatic nitrogens is 1. The monoisotopic (exact) mass is 424 g/mol. The fourth-order valence-corrected chi connectivity index (χ4v) is 6.59. The van der Waals surface area contributed by atoms with Gasteiger partial charge in [0.15, 0.2) is 9.84 Å². The number of likely N-dealkylation sites (tertiary alicyclic amines) is 1. The topological polar surface area (TPSA) is 90.5 Å². The quantitative estimate of drug-likeness (QED) is 0.680. The van der Waals surface area contributed by atoms with Gasteiger partial charge in [0.25, 0.3) is 5.56 Å². The van der Waals surface area contributed by atoms with Crippen LogP contribution in [0.5, 0.6) is 0 Å². The summed E-state index contributed by atoms with van der Waals surface area (Å²) < 4.78 is 25.9. The molecule has 2 aromatic heterocycles. The summed E-state index contributed by atoms with van der Waals surface area (Å²) in [5.74, 6) is 0.104. The number of thiophene rings is 1. The van der Waals surface area contributed by atoms with E-state index in [4.69, 9.17) is 0 Å². The van der Waals surface area contributed by atoms with Crippen molar-refractivity contribution in [2.75, 3.05) is 25.4 Å². The lowest BCUT2D eigenvalue weighted by Gasteiger charge is -2.22. The van der Waals surface area contributed by atoms with Gasteiger partial charge in [-0.2, -0.15) is 0 Å². The number of nitrogens with zero attached hydrogens (tertiary/aromatic N) is 1. The van der Waals surface area contributed by atoms with E-state index in [1.807, 2.05) is 26.0 Å². The Balaban J connectivity index is 1.71. The van der Waals surface area contributed by atoms with Crippen LogP contribution in [0.25, 0.3) is 10.4 Å². The molecule has 0 bridgehead atoms. The van der Waals surface area contributed by atoms with Gasteiger partial charge in [-0.05, 0) is 63.9 Å². The zero-order valence-corrected chi connectivity index (χ0v) is 18.0. The van der Waals surface area contributed by atoms with Crippen LogP contribution in [0, 0.1) is 6.92 Å². The average Bonchev–Trinajstić information content (AvgIpc) is 3.31. The van der Waals surface area contributed by atoms with Crippen molar-refractivity contribution >= 4 is 21.2 Å². The van der Waals surface area contributed by atoms with Crippen LogP contribution in [0.3, 0.4) is 0 Å². The van der Waals surface area contributed by atoms with Gasteiger partial charge in [0, 0.05) is 27.7 Å². The lowest BCUT2D eigenvalue weighted by Crippen LogP contribution is -2.33. The molecule has 0 spiro atoms. The highest BCUT2D eigenvalue weighted by atomic mass is 32.2. The first-order valence-corrected chi connectivity index (χ1v) is 12.2. The molecule has 2 aromatic rings. The molecule has 0 saturated carbocycles. The normalized spacial score (nSPS) is 18.0. The van der Waals surface area contributed by atoms with Crippen LogP contribution in [-0.2, 0) is 16.3 Å². The first kappa shape index (κ1) is 21.2. The fraction of sp³-hybridized carbons (Fsp3) is 0.550. The molecule has 0 amide bonds. The van der Waals surface area contributed by atoms with Gasteiger partial charge in [-0.1, -0.05) is 6.92 Å². The Kier molecular flexibility index (Phi) is 6.75. The van der Waals surface area contributed by atoms with E-state index in [2.05, 4.69) is 9.88 Å². The molecule has 0 radical (unpaired) electrons. The predicted molar refractivity (Wildman–Crippen MR) is 113 cm³/mol. The number of aliphatic hydroxyl groups is 1. The molecule has 2 N–H and O–H groups in total. The van der Waals surface area contributed by atoms with Gasteiger partial charge < -0.3 is 10.1 Å². The minimum absolute atomic E-state index is 0.0868. The number of H-pyrrole nitrogens is 1. The molecule has 0 unspecified atom stereocenters. The van der Waals surface area contributed by atoms with Crippen molar-refractivity contribution in [1.29, 1.82) is 0 Å². The zero-order chi connectivity index (χ0) is 20.3. The molecule has 3 rings (SSSR count). The van der Waals surface area contributed by atoms with Crippen molar-refractivity contribution in [3.05, 3.63) is 39.8 Å². The molecule has 28 heavy (non-hydrogen) atoms. The van der Waals surface area contributed by atoms with E-state index in [1.54, 1.807) is 6.07 Å². The Labute approximate surface area is 170 Å². The number of aliphatic hydroxyl groups excluding tert-OH is 1. The SMILES string of the molecule is CCc1cc(-c2ccc(S(=O)(=O)CCCN3CCC[C@@H]3CO)s2)c(C)[nH]c1=O. The van der Waals surface area contributed by atoms with Crippen molar-refractivity contribution in [2.24, 2.45) is 0 Å². The molecule has 1 aliphatic heterocycles. The Morgan fingerprint density at radius 2 is 2.14 bits per heavy atom. The maximum absolute atomic E-state index is 12.7. The molecule has 6 nitrogen and oxygen atoms in total. The van der Waals surface area contributed by atoms with E-state index in [1.165, 1.54) is 11.3 Å². The molecule has 1 atom stereocenters. The maximum Gasteiger partial charge on any atom is 0.251 e. The van der Waals surface area contributed by atoms with E-state index >= 15 is 0 Å². The second-order valence-corrected chi connectivity index (χ2v) is 10.7. The summed E-state index contributed by atoms with van der Waals surface area (Å²) in [5.41, 5.74) is 2.24. The highest BCUT2D eigenvalue weighted by Crippen LogP contribution is 2.33. The van der Waals surface area contributed by atoms with Crippen LogP contribution in [0.15, 0.2) is 27.2 Å². The number of pyridine rings is 1. The van der Waals surface area contributed by atoms with E-state index < -0.39 is 9.84 Å². The Morgan fingerprint density at radius 3 is 2.86 bits per heavy atom. The second-order valence-electron chi connectivity index (χ2n) is 7.32. The van der Waals surface area contributed by atoms with Crippen LogP contribution >= 0.6 is 11.3 Å². The molecular formula is C20H28N2O4S2. The number of aromatic amines is 1. The summed E-state index contributed by atoms with van der Waals surface area (Å²) in [4.78, 5) is 17.8. The third kappa shape index (κ3) is 4.56. The van der Waals surface area contributed by atoms with E-state index in [9.17, 15) is 18.3 Å². The number of hydrogen-bond donors (Lipinski definition) is 2. The number of aryl methyl sites for hydroxylation is 2. The van der Waals surface area contributed by atoms with E-state index in [-0.39, 0.29) is 24.0 Å². The molecule has 8 heteroatoms. The van der Waals surface area contributed by atoms with Crippen LogP contribution in [0.2, 0.25) is 0 Å². The van der Waals surface area contributed by atoms with Crippen LogP contribution in [-0.4, -0.2) is 54.9 Å². The fourth-order valence-electron chi connectivity index (χ4n) is 3.77. The Hall–Kier alpha value is -1.48. The Morgan fingerprint density at radius 1 is 1.36 bits per heavy atom. The molecule has 3 heterocycles. The van der Waals surface area contributed by atoms with Crippen LogP contribution in [0.4, 0.5) is 0 Å². The van der Waals surface area contributed by atoms with Crippen molar-refractivity contribution in [2.45, 2.75) is 49.8 Å². The van der Waals surface area contributed by atoms with Crippen LogP contribution < -0.4 is 5.56 Å². The lowest BCUT2D eigenvalue weighted by atomic mass is 10.1. The molecule has 0 aliphatic carbocycles. The van der Waals surface area contributed by atoms with Gasteiger partial charge in [-0.3, -0.25) is 9.69 Å². The zero-order valence-electron chi connectivity index (χ0n) is 16.4. The summed E-state index contributed by atoms with van der Waals surface area (Å²) in [6.45, 7) is 5.52. The first-order chi connectivity index (χ1) is 13.4. The second kappa shape index (κ2) is 8.90. The van der Waals surface area contributed by atoms with Gasteiger partial charge in [-0.15, -0.1) is 11.3 Å². The number of hydrogen-bond acceptors (Lipinski definition) is 6. The maximum atomic E-state index is 12.7. The van der Waals surface area contributed by atoms with Crippen molar-refractivity contribution in [3.63, 3.8) is 0 Å². The number of rotatable bonds is 8. The minimum Gasteiger partial charge on any atom is -0.395 e. The standard InChI is InChI=1S/C20H28N2O4S2/c1-3-15-12-17(14(2)21-20(15)24)18-7-8-19(27-18)28(25,26)11-5-10-22-9-4-6-16(22)13-23/h7-8,12,16,23H,3-6,9-11,13H2,1-2H3,(H,21,24)/t16-/m1/s1. The number of nitrogens with one attached hydrogen (secondary N) is 1. The molecule has 0 aromatic carbocycles. The lowest BCUT2D eigenvalue weighted by molar-refractivity contribution is 0.159. The van der Waals surface area contributed by atoms with Crippen molar-refractivity contribution in [1.82, 2.24) is 9.88 Å².